The van der Waals surface area contributed by atoms with E-state index in [4.69, 9.17) is 11.6 Å². The summed E-state index contributed by atoms with van der Waals surface area (Å²) < 4.78 is 0.809. The molecular formula is C9H11BrClN3. The lowest BCUT2D eigenvalue weighted by Crippen LogP contribution is -2.02. The van der Waals surface area contributed by atoms with Crippen LogP contribution < -0.4 is 5.32 Å². The van der Waals surface area contributed by atoms with E-state index in [9.17, 15) is 0 Å². The Morgan fingerprint density at radius 3 is 3.00 bits per heavy atom. The molecule has 3 nitrogen and oxygen atoms in total. The van der Waals surface area contributed by atoms with Crippen molar-refractivity contribution in [1.82, 2.24) is 9.97 Å². The molecule has 0 amide bonds. The second kappa shape index (κ2) is 5.32. The first-order valence-corrected chi connectivity index (χ1v) is 5.32. The molecule has 5 heteroatoms. The summed E-state index contributed by atoms with van der Waals surface area (Å²) in [5, 5.41) is 3.37. The van der Waals surface area contributed by atoms with E-state index in [0.717, 1.165) is 11.0 Å². The van der Waals surface area contributed by atoms with Crippen LogP contribution in [0.3, 0.4) is 0 Å². The van der Waals surface area contributed by atoms with Gasteiger partial charge < -0.3 is 5.32 Å². The van der Waals surface area contributed by atoms with Gasteiger partial charge in [-0.15, -0.1) is 0 Å². The van der Waals surface area contributed by atoms with Gasteiger partial charge in [-0.1, -0.05) is 11.6 Å². The number of hydrogen-bond donors (Lipinski definition) is 1. The second-order valence-corrected chi connectivity index (χ2v) is 4.19. The van der Waals surface area contributed by atoms with Crippen molar-refractivity contribution in [1.29, 1.82) is 0 Å². The smallest absolute Gasteiger partial charge is 0.224 e. The Labute approximate surface area is 96.7 Å². The van der Waals surface area contributed by atoms with Crippen LogP contribution in [0.1, 0.15) is 13.8 Å². The highest BCUT2D eigenvalue weighted by atomic mass is 79.9. The minimum atomic E-state index is 0.243. The quantitative estimate of drug-likeness (QED) is 0.680. The van der Waals surface area contributed by atoms with Gasteiger partial charge in [-0.2, -0.15) is 4.98 Å². The van der Waals surface area contributed by atoms with Crippen molar-refractivity contribution < 1.29 is 0 Å². The molecule has 1 rings (SSSR count). The second-order valence-electron chi connectivity index (χ2n) is 3.00. The summed E-state index contributed by atoms with van der Waals surface area (Å²) in [6.07, 6.45) is 3.70. The molecule has 0 aliphatic rings. The van der Waals surface area contributed by atoms with Crippen molar-refractivity contribution >= 4 is 33.3 Å². The van der Waals surface area contributed by atoms with E-state index in [1.165, 1.54) is 5.57 Å². The first-order valence-electron chi connectivity index (χ1n) is 4.15. The van der Waals surface area contributed by atoms with E-state index in [-0.39, 0.29) is 5.28 Å². The molecule has 0 radical (unpaired) electrons. The van der Waals surface area contributed by atoms with Gasteiger partial charge in [0.2, 0.25) is 5.28 Å². The predicted octanol–water partition coefficient (Wildman–Crippen LogP) is 3.27. The third kappa shape index (κ3) is 3.64. The van der Waals surface area contributed by atoms with Crippen molar-refractivity contribution in [3.63, 3.8) is 0 Å². The average Bonchev–Trinajstić information content (AvgIpc) is 2.10. The fraction of sp³-hybridized carbons (Fsp3) is 0.333. The number of hydrogen-bond acceptors (Lipinski definition) is 3. The van der Waals surface area contributed by atoms with Crippen molar-refractivity contribution in [2.45, 2.75) is 13.8 Å². The van der Waals surface area contributed by atoms with Crippen LogP contribution in [0.2, 0.25) is 5.28 Å². The Balaban J connectivity index is 2.67. The van der Waals surface area contributed by atoms with Crippen LogP contribution in [0.4, 0.5) is 5.82 Å². The highest BCUT2D eigenvalue weighted by molar-refractivity contribution is 9.10. The largest absolute Gasteiger partial charge is 0.366 e. The van der Waals surface area contributed by atoms with Gasteiger partial charge in [0, 0.05) is 12.7 Å². The van der Waals surface area contributed by atoms with E-state index in [1.807, 2.05) is 13.8 Å². The molecule has 0 fully saturated rings. The van der Waals surface area contributed by atoms with E-state index < -0.39 is 0 Å². The minimum absolute atomic E-state index is 0.243. The number of anilines is 1. The molecule has 0 spiro atoms. The lowest BCUT2D eigenvalue weighted by atomic mass is 10.3. The van der Waals surface area contributed by atoms with Crippen molar-refractivity contribution in [3.8, 4) is 0 Å². The van der Waals surface area contributed by atoms with E-state index in [1.54, 1.807) is 6.20 Å². The van der Waals surface area contributed by atoms with Gasteiger partial charge >= 0.3 is 0 Å². The Hall–Kier alpha value is -0.610. The minimum Gasteiger partial charge on any atom is -0.366 e. The van der Waals surface area contributed by atoms with Crippen LogP contribution in [0.15, 0.2) is 22.3 Å². The third-order valence-corrected chi connectivity index (χ3v) is 2.26. The van der Waals surface area contributed by atoms with Crippen molar-refractivity contribution in [2.75, 3.05) is 11.9 Å². The zero-order valence-electron chi connectivity index (χ0n) is 8.01. The average molecular weight is 277 g/mol. The highest BCUT2D eigenvalue weighted by Gasteiger charge is 2.01. The van der Waals surface area contributed by atoms with Gasteiger partial charge in [0.1, 0.15) is 5.82 Å². The number of nitrogens with zero attached hydrogens (tertiary/aromatic N) is 2. The molecule has 0 atom stereocenters. The van der Waals surface area contributed by atoms with Crippen molar-refractivity contribution in [2.24, 2.45) is 0 Å². The fourth-order valence-electron chi connectivity index (χ4n) is 0.821. The molecule has 1 aromatic heterocycles. The molecule has 0 unspecified atom stereocenters. The number of allylic oxidation sites excluding steroid dienone is 1. The van der Waals surface area contributed by atoms with Gasteiger partial charge in [-0.3, -0.25) is 0 Å². The molecular weight excluding hydrogens is 265 g/mol. The molecule has 76 valence electrons. The van der Waals surface area contributed by atoms with Crippen LogP contribution in [-0.4, -0.2) is 16.5 Å². The normalized spacial score (nSPS) is 9.71. The zero-order valence-corrected chi connectivity index (χ0v) is 10.4. The summed E-state index contributed by atoms with van der Waals surface area (Å²) in [6, 6.07) is 0. The summed E-state index contributed by atoms with van der Waals surface area (Å²) in [7, 11) is 0. The molecule has 0 aliphatic carbocycles. The van der Waals surface area contributed by atoms with E-state index in [2.05, 4.69) is 37.3 Å². The van der Waals surface area contributed by atoms with Crippen LogP contribution >= 0.6 is 27.5 Å². The van der Waals surface area contributed by atoms with Gasteiger partial charge in [-0.25, -0.2) is 4.98 Å². The Morgan fingerprint density at radius 1 is 1.64 bits per heavy atom. The Bertz CT molecular complexity index is 348. The SMILES string of the molecule is CC(C)=CCNc1nc(Cl)ncc1Br. The summed E-state index contributed by atoms with van der Waals surface area (Å²) in [5.74, 6) is 0.711. The molecule has 0 aromatic carbocycles. The molecule has 0 saturated carbocycles. The first-order chi connectivity index (χ1) is 6.59. The fourth-order valence-corrected chi connectivity index (χ4v) is 1.29. The predicted molar refractivity (Wildman–Crippen MR) is 62.7 cm³/mol. The molecule has 1 aromatic rings. The maximum absolute atomic E-state index is 5.66. The molecule has 14 heavy (non-hydrogen) atoms. The lowest BCUT2D eigenvalue weighted by Gasteiger charge is -2.04. The number of nitrogens with one attached hydrogen (secondary N) is 1. The maximum atomic E-state index is 5.66. The first kappa shape index (κ1) is 11.5. The summed E-state index contributed by atoms with van der Waals surface area (Å²) in [6.45, 7) is 4.82. The van der Waals surface area contributed by atoms with Gasteiger partial charge in [0.25, 0.3) is 0 Å². The molecule has 1 N–H and O–H groups in total. The van der Waals surface area contributed by atoms with E-state index in [0.29, 0.717) is 5.82 Å². The van der Waals surface area contributed by atoms with Crippen molar-refractivity contribution in [3.05, 3.63) is 27.6 Å². The Kier molecular flexibility index (Phi) is 4.35. The van der Waals surface area contributed by atoms with Gasteiger partial charge in [-0.05, 0) is 41.4 Å². The lowest BCUT2D eigenvalue weighted by molar-refractivity contribution is 1.12. The monoisotopic (exact) mass is 275 g/mol. The molecule has 1 heterocycles. The van der Waals surface area contributed by atoms with Crippen LogP contribution in [-0.2, 0) is 0 Å². The summed E-state index contributed by atoms with van der Waals surface area (Å²) >= 11 is 8.99. The highest BCUT2D eigenvalue weighted by Crippen LogP contribution is 2.19. The van der Waals surface area contributed by atoms with Crippen LogP contribution in [0.5, 0.6) is 0 Å². The number of halogens is 2. The zero-order chi connectivity index (χ0) is 10.6. The maximum Gasteiger partial charge on any atom is 0.224 e. The topological polar surface area (TPSA) is 37.8 Å². The standard InChI is InChI=1S/C9H11BrClN3/c1-6(2)3-4-12-8-7(10)5-13-9(11)14-8/h3,5H,4H2,1-2H3,(H,12,13,14). The molecule has 0 aliphatic heterocycles. The Morgan fingerprint density at radius 2 is 2.36 bits per heavy atom. The third-order valence-electron chi connectivity index (χ3n) is 1.49. The van der Waals surface area contributed by atoms with Gasteiger partial charge in [0.15, 0.2) is 0 Å². The number of rotatable bonds is 3. The van der Waals surface area contributed by atoms with Gasteiger partial charge in [0.05, 0.1) is 4.47 Å². The van der Waals surface area contributed by atoms with E-state index >= 15 is 0 Å². The summed E-state index contributed by atoms with van der Waals surface area (Å²) in [5.41, 5.74) is 1.26. The molecule has 0 saturated heterocycles. The van der Waals surface area contributed by atoms with Crippen LogP contribution in [0.25, 0.3) is 0 Å². The van der Waals surface area contributed by atoms with Crippen LogP contribution in [0, 0.1) is 0 Å². The molecule has 0 bridgehead atoms. The number of aromatic nitrogens is 2. The summed E-state index contributed by atoms with van der Waals surface area (Å²) in [4.78, 5) is 7.87.